The number of hydrogen-bond donors (Lipinski definition) is 2. The molecule has 1 aliphatic heterocycles. The van der Waals surface area contributed by atoms with Crippen molar-refractivity contribution in [3.8, 4) is 12.3 Å². The number of carboxylic acids is 1. The van der Waals surface area contributed by atoms with Crippen LogP contribution in [0.2, 0.25) is 0 Å². The molecule has 0 saturated carbocycles. The van der Waals surface area contributed by atoms with Crippen LogP contribution in [0.1, 0.15) is 34.1 Å². The SMILES string of the molecule is C#CCC(NC(=O)N1CC(C)(C)OC(C)(C)C1)C(=O)O. The number of carboxylic acid groups (broad SMARTS) is 1. The lowest BCUT2D eigenvalue weighted by Crippen LogP contribution is -2.61. The average molecular weight is 282 g/mol. The second-order valence-electron chi connectivity index (χ2n) is 6.23. The summed E-state index contributed by atoms with van der Waals surface area (Å²) in [5.74, 6) is 1.12. The molecule has 0 spiro atoms. The first-order chi connectivity index (χ1) is 9.06. The maximum absolute atomic E-state index is 12.2. The summed E-state index contributed by atoms with van der Waals surface area (Å²) < 4.78 is 5.87. The molecule has 1 rings (SSSR count). The van der Waals surface area contributed by atoms with E-state index in [-0.39, 0.29) is 6.42 Å². The van der Waals surface area contributed by atoms with Gasteiger partial charge in [0, 0.05) is 6.42 Å². The van der Waals surface area contributed by atoms with Gasteiger partial charge in [-0.3, -0.25) is 0 Å². The standard InChI is InChI=1S/C14H22N2O4/c1-6-7-10(11(17)18)15-12(19)16-8-13(2,3)20-14(4,5)9-16/h1,10H,7-9H2,2-5H3,(H,15,19)(H,17,18). The van der Waals surface area contributed by atoms with Gasteiger partial charge in [0.25, 0.3) is 0 Å². The Morgan fingerprint density at radius 2 is 1.85 bits per heavy atom. The van der Waals surface area contributed by atoms with Crippen molar-refractivity contribution >= 4 is 12.0 Å². The number of morpholine rings is 1. The topological polar surface area (TPSA) is 78.9 Å². The summed E-state index contributed by atoms with van der Waals surface area (Å²) in [6, 6.07) is -1.50. The fraction of sp³-hybridized carbons (Fsp3) is 0.714. The van der Waals surface area contributed by atoms with Crippen molar-refractivity contribution in [3.63, 3.8) is 0 Å². The molecular formula is C14H22N2O4. The van der Waals surface area contributed by atoms with E-state index >= 15 is 0 Å². The third-order valence-corrected chi connectivity index (χ3v) is 2.90. The Bertz CT molecular complexity index is 421. The lowest BCUT2D eigenvalue weighted by atomic mass is 9.99. The monoisotopic (exact) mass is 282 g/mol. The molecule has 20 heavy (non-hydrogen) atoms. The van der Waals surface area contributed by atoms with E-state index < -0.39 is 29.2 Å². The molecule has 6 heteroatoms. The number of ether oxygens (including phenoxy) is 1. The van der Waals surface area contributed by atoms with Crippen LogP contribution in [0.3, 0.4) is 0 Å². The van der Waals surface area contributed by atoms with Gasteiger partial charge in [-0.25, -0.2) is 9.59 Å². The molecule has 1 fully saturated rings. The van der Waals surface area contributed by atoms with E-state index in [1.54, 1.807) is 4.90 Å². The van der Waals surface area contributed by atoms with Crippen LogP contribution in [0.4, 0.5) is 4.79 Å². The number of amides is 2. The van der Waals surface area contributed by atoms with Crippen LogP contribution in [0, 0.1) is 12.3 Å². The predicted molar refractivity (Wildman–Crippen MR) is 74.2 cm³/mol. The molecule has 0 radical (unpaired) electrons. The van der Waals surface area contributed by atoms with Crippen LogP contribution in [-0.2, 0) is 9.53 Å². The Balaban J connectivity index is 2.76. The van der Waals surface area contributed by atoms with Gasteiger partial charge in [-0.05, 0) is 27.7 Å². The summed E-state index contributed by atoms with van der Waals surface area (Å²) in [4.78, 5) is 24.8. The first-order valence-corrected chi connectivity index (χ1v) is 6.48. The molecular weight excluding hydrogens is 260 g/mol. The van der Waals surface area contributed by atoms with Crippen molar-refractivity contribution in [2.75, 3.05) is 13.1 Å². The van der Waals surface area contributed by atoms with Crippen LogP contribution in [0.15, 0.2) is 0 Å². The van der Waals surface area contributed by atoms with Crippen molar-refractivity contribution in [1.82, 2.24) is 10.2 Å². The van der Waals surface area contributed by atoms with Gasteiger partial charge in [0.15, 0.2) is 0 Å². The van der Waals surface area contributed by atoms with Crippen molar-refractivity contribution in [1.29, 1.82) is 0 Å². The number of aliphatic carboxylic acids is 1. The summed E-state index contributed by atoms with van der Waals surface area (Å²) >= 11 is 0. The van der Waals surface area contributed by atoms with Crippen molar-refractivity contribution in [2.45, 2.75) is 51.4 Å². The summed E-state index contributed by atoms with van der Waals surface area (Å²) in [7, 11) is 0. The fourth-order valence-electron chi connectivity index (χ4n) is 2.49. The summed E-state index contributed by atoms with van der Waals surface area (Å²) in [5, 5.41) is 11.5. The second kappa shape index (κ2) is 5.71. The largest absolute Gasteiger partial charge is 0.480 e. The molecule has 0 aliphatic carbocycles. The van der Waals surface area contributed by atoms with Crippen molar-refractivity contribution in [2.24, 2.45) is 0 Å². The Kier molecular flexibility index (Phi) is 4.66. The molecule has 2 amide bonds. The number of nitrogens with one attached hydrogen (secondary N) is 1. The Hall–Kier alpha value is -1.74. The third kappa shape index (κ3) is 4.42. The highest BCUT2D eigenvalue weighted by Crippen LogP contribution is 2.27. The van der Waals surface area contributed by atoms with Gasteiger partial charge in [0.2, 0.25) is 0 Å². The summed E-state index contributed by atoms with van der Waals surface area (Å²) in [5.41, 5.74) is -0.964. The van der Waals surface area contributed by atoms with Gasteiger partial charge < -0.3 is 20.1 Å². The lowest BCUT2D eigenvalue weighted by Gasteiger charge is -2.47. The van der Waals surface area contributed by atoms with E-state index in [4.69, 9.17) is 16.3 Å². The quantitative estimate of drug-likeness (QED) is 0.759. The molecule has 112 valence electrons. The predicted octanol–water partition coefficient (Wildman–Crippen LogP) is 1.06. The van der Waals surface area contributed by atoms with E-state index in [0.29, 0.717) is 13.1 Å². The van der Waals surface area contributed by atoms with Gasteiger partial charge in [0.1, 0.15) is 6.04 Å². The molecule has 2 N–H and O–H groups in total. The van der Waals surface area contributed by atoms with Crippen molar-refractivity contribution < 1.29 is 19.4 Å². The molecule has 6 nitrogen and oxygen atoms in total. The number of hydrogen-bond acceptors (Lipinski definition) is 3. The average Bonchev–Trinajstić information content (AvgIpc) is 2.23. The summed E-state index contributed by atoms with van der Waals surface area (Å²) in [6.07, 6.45) is 5.07. The molecule has 1 atom stereocenters. The van der Waals surface area contributed by atoms with Gasteiger partial charge in [-0.1, -0.05) is 0 Å². The highest BCUT2D eigenvalue weighted by atomic mass is 16.5. The lowest BCUT2D eigenvalue weighted by molar-refractivity contribution is -0.170. The van der Waals surface area contributed by atoms with Crippen molar-refractivity contribution in [3.05, 3.63) is 0 Å². The van der Waals surface area contributed by atoms with Crippen LogP contribution < -0.4 is 5.32 Å². The molecule has 1 unspecified atom stereocenters. The third-order valence-electron chi connectivity index (χ3n) is 2.90. The molecule has 0 aromatic heterocycles. The smallest absolute Gasteiger partial charge is 0.327 e. The van der Waals surface area contributed by atoms with E-state index in [0.717, 1.165) is 0 Å². The second-order valence-corrected chi connectivity index (χ2v) is 6.23. The minimum absolute atomic E-state index is 0.0435. The first-order valence-electron chi connectivity index (χ1n) is 6.48. The molecule has 1 heterocycles. The number of carbonyl (C=O) groups excluding carboxylic acids is 1. The molecule has 0 aromatic rings. The van der Waals surface area contributed by atoms with Gasteiger partial charge in [0.05, 0.1) is 24.3 Å². The van der Waals surface area contributed by atoms with E-state index in [1.807, 2.05) is 27.7 Å². The maximum Gasteiger partial charge on any atom is 0.327 e. The molecule has 0 bridgehead atoms. The maximum atomic E-state index is 12.2. The Morgan fingerprint density at radius 1 is 1.35 bits per heavy atom. The number of terminal acetylenes is 1. The zero-order valence-electron chi connectivity index (χ0n) is 12.4. The highest BCUT2D eigenvalue weighted by molar-refractivity contribution is 5.83. The van der Waals surface area contributed by atoms with Crippen LogP contribution >= 0.6 is 0 Å². The fourth-order valence-corrected chi connectivity index (χ4v) is 2.49. The molecule has 1 saturated heterocycles. The first kappa shape index (κ1) is 16.3. The minimum atomic E-state index is -1.14. The van der Waals surface area contributed by atoms with E-state index in [9.17, 15) is 9.59 Å². The number of carbonyl (C=O) groups is 2. The number of nitrogens with zero attached hydrogens (tertiary/aromatic N) is 1. The van der Waals surface area contributed by atoms with Gasteiger partial charge in [-0.15, -0.1) is 12.3 Å². The normalized spacial score (nSPS) is 21.6. The summed E-state index contributed by atoms with van der Waals surface area (Å²) in [6.45, 7) is 8.36. The number of urea groups is 1. The van der Waals surface area contributed by atoms with Crippen LogP contribution in [-0.4, -0.2) is 52.3 Å². The number of rotatable bonds is 3. The van der Waals surface area contributed by atoms with Crippen LogP contribution in [0.5, 0.6) is 0 Å². The Labute approximate surface area is 119 Å². The minimum Gasteiger partial charge on any atom is -0.480 e. The van der Waals surface area contributed by atoms with Gasteiger partial charge in [-0.2, -0.15) is 0 Å². The zero-order valence-corrected chi connectivity index (χ0v) is 12.4. The highest BCUT2D eigenvalue weighted by Gasteiger charge is 2.40. The Morgan fingerprint density at radius 3 is 2.25 bits per heavy atom. The molecule has 1 aliphatic rings. The van der Waals surface area contributed by atoms with E-state index in [1.165, 1.54) is 0 Å². The van der Waals surface area contributed by atoms with Gasteiger partial charge >= 0.3 is 12.0 Å². The molecule has 0 aromatic carbocycles. The zero-order chi connectivity index (χ0) is 15.6. The van der Waals surface area contributed by atoms with Crippen LogP contribution in [0.25, 0.3) is 0 Å². The van der Waals surface area contributed by atoms with E-state index in [2.05, 4.69) is 11.2 Å².